The largest absolute Gasteiger partial charge is 0.0991 e. The molecule has 0 radical (unpaired) electrons. The smallest absolute Gasteiger partial charge is 0.0104 e. The van der Waals surface area contributed by atoms with Crippen molar-refractivity contribution in [3.63, 3.8) is 0 Å². The van der Waals surface area contributed by atoms with Crippen LogP contribution in [-0.2, 0) is 61.8 Å². The predicted octanol–water partition coefficient (Wildman–Crippen LogP) is 21.6. The van der Waals surface area contributed by atoms with E-state index in [9.17, 15) is 0 Å². The molecule has 0 aromatic heterocycles. The SMILES string of the molecule is C=C/C=C(\CCP(Cc1ccc(C(C)(C)C)cc1C(C)(C)C)c1ccc(C(C)(C)C)cc1C(C)(C)C)C1(C)C=CC(P(Cc2ccc(C(C)(C)C)cc2C(C)(C)C)Cc2ccc(C(C)(C)C)cc2C(C)(C)C)=CC1. The predicted molar refractivity (Wildman–Crippen MR) is 338 cm³/mol. The van der Waals surface area contributed by atoms with Gasteiger partial charge in [-0.05, 0) is 153 Å². The summed E-state index contributed by atoms with van der Waals surface area (Å²) in [6.45, 7) is 64.0. The van der Waals surface area contributed by atoms with Crippen LogP contribution in [0.15, 0.2) is 121 Å². The van der Waals surface area contributed by atoms with E-state index in [1.54, 1.807) is 10.6 Å². The summed E-state index contributed by atoms with van der Waals surface area (Å²) in [6, 6.07) is 30.0. The van der Waals surface area contributed by atoms with E-state index < -0.39 is 15.8 Å². The highest BCUT2D eigenvalue weighted by molar-refractivity contribution is 7.65. The molecule has 2 atom stereocenters. The van der Waals surface area contributed by atoms with E-state index in [1.165, 1.54) is 66.8 Å². The lowest BCUT2D eigenvalue weighted by atomic mass is 9.75. The van der Waals surface area contributed by atoms with Crippen LogP contribution in [0.2, 0.25) is 0 Å². The summed E-state index contributed by atoms with van der Waals surface area (Å²) in [7, 11) is -1.18. The summed E-state index contributed by atoms with van der Waals surface area (Å²) in [5, 5.41) is 3.12. The standard InChI is InChI=1S/C72H106P2/c1-27-28-53(39-42-73(63-36-35-57(67(11,12)13)46-62(63)71(23,24)25)47-50-29-32-54(64(2,3)4)43-59(50)68(14,15)16)72(26)40-37-58(38-41-72)74(48-51-30-33-55(65(5,6)7)44-60(51)69(17,18)19)49-52-31-34-56(66(8,9)10)45-61(52)70(20,21)22/h27-38,40,43-46H,1,39,41-42,47-49H2,2-26H3/b53-28+. The zero-order chi connectivity index (χ0) is 56.0. The lowest BCUT2D eigenvalue weighted by Gasteiger charge is -2.36. The minimum Gasteiger partial charge on any atom is -0.0991 e. The molecule has 74 heavy (non-hydrogen) atoms. The first-order chi connectivity index (χ1) is 33.5. The van der Waals surface area contributed by atoms with Crippen molar-refractivity contribution < 1.29 is 0 Å². The Labute approximate surface area is 459 Å². The topological polar surface area (TPSA) is 0 Å². The van der Waals surface area contributed by atoms with Gasteiger partial charge in [-0.15, -0.1) is 0 Å². The van der Waals surface area contributed by atoms with Gasteiger partial charge in [-0.25, -0.2) is 0 Å². The second-order valence-electron chi connectivity index (χ2n) is 30.9. The van der Waals surface area contributed by atoms with Crippen LogP contribution in [0.1, 0.15) is 247 Å². The van der Waals surface area contributed by atoms with E-state index >= 15 is 0 Å². The van der Waals surface area contributed by atoms with Gasteiger partial charge in [0.2, 0.25) is 0 Å². The third kappa shape index (κ3) is 15.5. The molecule has 4 aromatic carbocycles. The summed E-state index contributed by atoms with van der Waals surface area (Å²) in [4.78, 5) is 0. The quantitative estimate of drug-likeness (QED) is 0.0925. The second-order valence-corrected chi connectivity index (χ2v) is 35.4. The number of rotatable bonds is 13. The minimum atomic E-state index is -0.590. The molecule has 4 aromatic rings. The highest BCUT2D eigenvalue weighted by Crippen LogP contribution is 2.57. The van der Waals surface area contributed by atoms with Crippen LogP contribution in [0.3, 0.4) is 0 Å². The van der Waals surface area contributed by atoms with E-state index in [2.05, 4.69) is 283 Å². The number of allylic oxidation sites excluding steroid dienone is 7. The third-order valence-corrected chi connectivity index (χ3v) is 20.9. The number of benzene rings is 4. The summed E-state index contributed by atoms with van der Waals surface area (Å²) in [5.41, 5.74) is 18.1. The van der Waals surface area contributed by atoms with Crippen molar-refractivity contribution in [1.29, 1.82) is 0 Å². The summed E-state index contributed by atoms with van der Waals surface area (Å²) >= 11 is 0. The Bertz CT molecular complexity index is 2630. The third-order valence-electron chi connectivity index (χ3n) is 15.9. The van der Waals surface area contributed by atoms with Gasteiger partial charge in [0.15, 0.2) is 0 Å². The van der Waals surface area contributed by atoms with Crippen molar-refractivity contribution in [2.75, 3.05) is 6.16 Å². The van der Waals surface area contributed by atoms with Crippen molar-refractivity contribution in [2.24, 2.45) is 5.41 Å². The molecule has 404 valence electrons. The van der Waals surface area contributed by atoms with Crippen LogP contribution in [0, 0.1) is 5.41 Å². The molecule has 0 aliphatic heterocycles. The fourth-order valence-corrected chi connectivity index (χ4v) is 16.1. The van der Waals surface area contributed by atoms with Gasteiger partial charge in [0.05, 0.1) is 0 Å². The number of hydrogen-bond donors (Lipinski definition) is 0. The summed E-state index contributed by atoms with van der Waals surface area (Å²) < 4.78 is 0. The Morgan fingerprint density at radius 1 is 0.459 bits per heavy atom. The Morgan fingerprint density at radius 2 is 0.797 bits per heavy atom. The molecule has 0 saturated carbocycles. The molecule has 0 heterocycles. The summed E-state index contributed by atoms with van der Waals surface area (Å²) in [6.07, 6.45) is 18.7. The lowest BCUT2D eigenvalue weighted by Crippen LogP contribution is -2.26. The zero-order valence-electron chi connectivity index (χ0n) is 52.2. The van der Waals surface area contributed by atoms with Gasteiger partial charge in [0.1, 0.15) is 0 Å². The molecular formula is C72H106P2. The van der Waals surface area contributed by atoms with E-state index in [0.717, 1.165) is 37.5 Å². The van der Waals surface area contributed by atoms with E-state index in [1.807, 2.05) is 0 Å². The van der Waals surface area contributed by atoms with E-state index in [0.29, 0.717) is 0 Å². The molecule has 5 rings (SSSR count). The molecule has 0 amide bonds. The molecule has 2 unspecified atom stereocenters. The first kappa shape index (κ1) is 61.6. The van der Waals surface area contributed by atoms with Crippen LogP contribution in [0.5, 0.6) is 0 Å². The first-order valence-electron chi connectivity index (χ1n) is 28.3. The van der Waals surface area contributed by atoms with E-state index in [-0.39, 0.29) is 48.7 Å². The summed E-state index contributed by atoms with van der Waals surface area (Å²) in [5.74, 6) is 0. The molecule has 2 heteroatoms. The first-order valence-corrected chi connectivity index (χ1v) is 31.7. The van der Waals surface area contributed by atoms with Crippen LogP contribution in [0.4, 0.5) is 0 Å². The Hall–Kier alpha value is -3.30. The molecule has 0 nitrogen and oxygen atoms in total. The fraction of sp³-hybridized carbons (Fsp3) is 0.556. The molecule has 0 N–H and O–H groups in total. The van der Waals surface area contributed by atoms with Crippen molar-refractivity contribution in [3.8, 4) is 0 Å². The van der Waals surface area contributed by atoms with Gasteiger partial charge in [0.25, 0.3) is 0 Å². The minimum absolute atomic E-state index is 0.0160. The van der Waals surface area contributed by atoms with Gasteiger partial charge in [-0.2, -0.15) is 0 Å². The Balaban J connectivity index is 1.61. The maximum Gasteiger partial charge on any atom is 0.0104 e. The van der Waals surface area contributed by atoms with Gasteiger partial charge in [-0.1, -0.05) is 304 Å². The monoisotopic (exact) mass is 1030 g/mol. The van der Waals surface area contributed by atoms with Gasteiger partial charge >= 0.3 is 0 Å². The van der Waals surface area contributed by atoms with Gasteiger partial charge in [-0.3, -0.25) is 0 Å². The van der Waals surface area contributed by atoms with Crippen molar-refractivity contribution in [2.45, 2.75) is 248 Å². The van der Waals surface area contributed by atoms with Crippen LogP contribution >= 0.6 is 15.8 Å². The van der Waals surface area contributed by atoms with E-state index in [4.69, 9.17) is 0 Å². The van der Waals surface area contributed by atoms with Crippen molar-refractivity contribution >= 4 is 21.1 Å². The maximum atomic E-state index is 4.35. The van der Waals surface area contributed by atoms with Gasteiger partial charge in [0, 0.05) is 5.41 Å². The molecule has 0 spiro atoms. The van der Waals surface area contributed by atoms with Crippen molar-refractivity contribution in [1.82, 2.24) is 0 Å². The Morgan fingerprint density at radius 3 is 1.11 bits per heavy atom. The molecule has 0 bridgehead atoms. The highest BCUT2D eigenvalue weighted by Gasteiger charge is 2.34. The Kier molecular flexibility index (Phi) is 18.5. The van der Waals surface area contributed by atoms with Crippen LogP contribution in [0.25, 0.3) is 0 Å². The highest BCUT2D eigenvalue weighted by atomic mass is 31.1. The van der Waals surface area contributed by atoms with Gasteiger partial charge < -0.3 is 0 Å². The normalized spacial score (nSPS) is 17.2. The zero-order valence-corrected chi connectivity index (χ0v) is 53.9. The average molecular weight is 1030 g/mol. The molecular weight excluding hydrogens is 927 g/mol. The van der Waals surface area contributed by atoms with Crippen molar-refractivity contribution in [3.05, 3.63) is 182 Å². The number of hydrogen-bond acceptors (Lipinski definition) is 0. The maximum absolute atomic E-state index is 4.35. The molecule has 1 aliphatic carbocycles. The van der Waals surface area contributed by atoms with Crippen LogP contribution < -0.4 is 5.30 Å². The molecule has 1 aliphatic rings. The van der Waals surface area contributed by atoms with Crippen LogP contribution in [-0.4, -0.2) is 6.16 Å². The lowest BCUT2D eigenvalue weighted by molar-refractivity contribution is 0.502. The fourth-order valence-electron chi connectivity index (χ4n) is 10.8. The second kappa shape index (κ2) is 22.2. The molecule has 0 saturated heterocycles. The average Bonchev–Trinajstić information content (AvgIpc) is 3.24. The molecule has 0 fully saturated rings.